The smallest absolute Gasteiger partial charge is 0.423 e. The van der Waals surface area contributed by atoms with Gasteiger partial charge in [0.1, 0.15) is 0 Å². The van der Waals surface area contributed by atoms with Crippen LogP contribution in [0.15, 0.2) is 10.6 Å². The first-order chi connectivity index (χ1) is 16.8. The zero-order valence-corrected chi connectivity index (χ0v) is 24.4. The number of fused-ring (bicyclic) bond motifs is 2. The molecule has 0 unspecified atom stereocenters. The van der Waals surface area contributed by atoms with E-state index in [0.717, 1.165) is 59.6 Å². The van der Waals surface area contributed by atoms with Crippen molar-refractivity contribution in [3.8, 4) is 0 Å². The molecule has 1 N–H and O–H groups in total. The van der Waals surface area contributed by atoms with Gasteiger partial charge in [0.2, 0.25) is 5.88 Å². The zero-order valence-electron chi connectivity index (χ0n) is 21.6. The summed E-state index contributed by atoms with van der Waals surface area (Å²) < 4.78 is 43.0. The van der Waals surface area contributed by atoms with Gasteiger partial charge in [0.15, 0.2) is 6.03 Å². The van der Waals surface area contributed by atoms with Crippen LogP contribution < -0.4 is 39.2 Å². The topological polar surface area (TPSA) is 116 Å². The van der Waals surface area contributed by atoms with Crippen molar-refractivity contribution in [3.63, 3.8) is 0 Å². The van der Waals surface area contributed by atoms with Gasteiger partial charge < -0.3 is 19.3 Å². The van der Waals surface area contributed by atoms with Gasteiger partial charge in [0.05, 0.1) is 11.7 Å². The third-order valence-corrected chi connectivity index (χ3v) is 8.71. The molecular weight excluding hydrogens is 491 g/mol. The molecular formula is C25H33N4NaO5S. The van der Waals surface area contributed by atoms with E-state index in [4.69, 9.17) is 9.26 Å². The van der Waals surface area contributed by atoms with Crippen LogP contribution >= 0.6 is 0 Å². The third kappa shape index (κ3) is 5.20. The molecule has 9 nitrogen and oxygen atoms in total. The molecule has 5 rings (SSSR count). The minimum Gasteiger partial charge on any atom is -0.423 e. The van der Waals surface area contributed by atoms with Gasteiger partial charge in [-0.2, -0.15) is 0 Å². The Morgan fingerprint density at radius 2 is 1.72 bits per heavy atom. The number of amides is 2. The second kappa shape index (κ2) is 11.0. The number of aryl methyl sites for hydroxylation is 2. The largest absolute Gasteiger partial charge is 1.00 e. The molecule has 2 amide bonds. The number of hydrogen-bond acceptors (Lipinski definition) is 6. The summed E-state index contributed by atoms with van der Waals surface area (Å²) in [5.74, 6) is 0.188. The molecule has 2 aromatic rings. The summed E-state index contributed by atoms with van der Waals surface area (Å²) in [6.07, 6.45) is 6.78. The fourth-order valence-electron chi connectivity index (χ4n) is 5.71. The number of rotatable bonds is 6. The summed E-state index contributed by atoms with van der Waals surface area (Å²) >= 11 is 0. The first-order valence-corrected chi connectivity index (χ1v) is 13.9. The molecule has 0 spiro atoms. The minimum atomic E-state index is -4.40. The average Bonchev–Trinajstić information content (AvgIpc) is 3.54. The quantitative estimate of drug-likeness (QED) is 0.578. The Kier molecular flexibility index (Phi) is 8.41. The molecule has 36 heavy (non-hydrogen) atoms. The van der Waals surface area contributed by atoms with Gasteiger partial charge in [-0.15, -0.1) is 0 Å². The zero-order chi connectivity index (χ0) is 24.7. The molecule has 1 saturated heterocycles. The normalized spacial score (nSPS) is 17.4. The number of benzene rings is 1. The number of carbonyl (C=O) groups is 1. The number of urea groups is 1. The standard InChI is InChI=1S/C25H34N4O5S.Na/c1-15(2)22-16(3)24(34-27-22)29(19-10-12-33-13-11-19)35(31,32)28-25(30)26-23-20-8-4-6-17(20)14-18-7-5-9-21(18)23;/h14-15,19H,4-13H2,1-3H3,(H2,26,28,30);/q;+1/p-1. The van der Waals surface area contributed by atoms with E-state index in [1.54, 1.807) is 6.92 Å². The van der Waals surface area contributed by atoms with Crippen LogP contribution in [0.2, 0.25) is 0 Å². The van der Waals surface area contributed by atoms with E-state index in [-0.39, 0.29) is 41.4 Å². The first-order valence-electron chi connectivity index (χ1n) is 12.5. The van der Waals surface area contributed by atoms with Crippen molar-refractivity contribution in [1.82, 2.24) is 5.16 Å². The van der Waals surface area contributed by atoms with Crippen molar-refractivity contribution < 1.29 is 52.0 Å². The van der Waals surface area contributed by atoms with Gasteiger partial charge in [-0.3, -0.25) is 4.79 Å². The Labute approximate surface area is 235 Å². The number of anilines is 2. The summed E-state index contributed by atoms with van der Waals surface area (Å²) in [6, 6.07) is 0.958. The number of nitrogens with one attached hydrogen (secondary N) is 1. The molecule has 1 aromatic heterocycles. The number of aromatic nitrogens is 1. The third-order valence-electron chi connectivity index (χ3n) is 7.36. The summed E-state index contributed by atoms with van der Waals surface area (Å²) in [4.78, 5) is 13.1. The predicted molar refractivity (Wildman–Crippen MR) is 133 cm³/mol. The van der Waals surface area contributed by atoms with Crippen molar-refractivity contribution in [3.05, 3.63) is 44.3 Å². The molecule has 3 aliphatic rings. The fraction of sp³-hybridized carbons (Fsp3) is 0.600. The van der Waals surface area contributed by atoms with E-state index >= 15 is 0 Å². The predicted octanol–water partition coefficient (Wildman–Crippen LogP) is 1.92. The van der Waals surface area contributed by atoms with Crippen LogP contribution in [0.25, 0.3) is 4.72 Å². The monoisotopic (exact) mass is 524 g/mol. The van der Waals surface area contributed by atoms with Crippen molar-refractivity contribution in [1.29, 1.82) is 0 Å². The molecule has 0 radical (unpaired) electrons. The Hall–Kier alpha value is -1.59. The van der Waals surface area contributed by atoms with Crippen molar-refractivity contribution in [2.75, 3.05) is 22.8 Å². The summed E-state index contributed by atoms with van der Waals surface area (Å²) in [6.45, 7) is 6.58. The maximum Gasteiger partial charge on any atom is 1.00 e. The van der Waals surface area contributed by atoms with Crippen LogP contribution in [0.5, 0.6) is 0 Å². The minimum absolute atomic E-state index is 0. The molecule has 1 aliphatic heterocycles. The number of carbonyl (C=O) groups excluding carboxylic acids is 1. The molecule has 1 aromatic carbocycles. The van der Waals surface area contributed by atoms with E-state index < -0.39 is 22.3 Å². The van der Waals surface area contributed by atoms with Gasteiger partial charge in [0.25, 0.3) is 10.2 Å². The summed E-state index contributed by atoms with van der Waals surface area (Å²) in [7, 11) is -4.40. The van der Waals surface area contributed by atoms with Crippen molar-refractivity contribution >= 4 is 27.8 Å². The molecule has 11 heteroatoms. The van der Waals surface area contributed by atoms with Gasteiger partial charge in [-0.1, -0.05) is 25.1 Å². The van der Waals surface area contributed by atoms with E-state index in [1.165, 1.54) is 11.1 Å². The molecule has 2 aliphatic carbocycles. The van der Waals surface area contributed by atoms with Gasteiger partial charge in [-0.05, 0) is 92.1 Å². The van der Waals surface area contributed by atoms with Crippen LogP contribution in [0.1, 0.15) is 79.0 Å². The van der Waals surface area contributed by atoms with Gasteiger partial charge in [-0.25, -0.2) is 12.7 Å². The van der Waals surface area contributed by atoms with E-state index in [9.17, 15) is 13.2 Å². The van der Waals surface area contributed by atoms with Crippen molar-refractivity contribution in [2.24, 2.45) is 0 Å². The van der Waals surface area contributed by atoms with Crippen molar-refractivity contribution in [2.45, 2.75) is 84.1 Å². The van der Waals surface area contributed by atoms with E-state index in [0.29, 0.717) is 37.3 Å². The fourth-order valence-corrected chi connectivity index (χ4v) is 7.02. The van der Waals surface area contributed by atoms with Crippen LogP contribution in [0, 0.1) is 6.92 Å². The van der Waals surface area contributed by atoms with Crippen LogP contribution in [0.3, 0.4) is 0 Å². The second-order valence-corrected chi connectivity index (χ2v) is 11.5. The molecule has 1 fully saturated rings. The van der Waals surface area contributed by atoms with E-state index in [1.807, 2.05) is 13.8 Å². The average molecular weight is 525 g/mol. The Bertz CT molecular complexity index is 1210. The van der Waals surface area contributed by atoms with Crippen LogP contribution in [0.4, 0.5) is 16.4 Å². The molecule has 2 heterocycles. The molecule has 190 valence electrons. The van der Waals surface area contributed by atoms with Gasteiger partial charge in [0, 0.05) is 18.8 Å². The van der Waals surface area contributed by atoms with Crippen LogP contribution in [-0.4, -0.2) is 38.9 Å². The Balaban J connectivity index is 0.00000304. The SMILES string of the molecule is Cc1c(C(C)C)noc1N(C1CCOCC1)S(=O)(=O)[N-]C(=O)Nc1c2c(cc3c1CCC3)CCC2.[Na+]. The van der Waals surface area contributed by atoms with Crippen LogP contribution in [-0.2, 0) is 40.6 Å². The number of nitrogens with zero attached hydrogens (tertiary/aromatic N) is 3. The Morgan fingerprint density at radius 3 is 2.28 bits per heavy atom. The molecule has 0 bridgehead atoms. The second-order valence-electron chi connectivity index (χ2n) is 10.0. The maximum absolute atomic E-state index is 13.6. The maximum atomic E-state index is 13.6. The van der Waals surface area contributed by atoms with E-state index in [2.05, 4.69) is 21.3 Å². The number of ether oxygens (including phenoxy) is 1. The van der Waals surface area contributed by atoms with Gasteiger partial charge >= 0.3 is 29.6 Å². The number of hydrogen-bond donors (Lipinski definition) is 1. The summed E-state index contributed by atoms with van der Waals surface area (Å²) in [5.41, 5.74) is 6.86. The first kappa shape index (κ1) is 27.4. The molecule has 0 saturated carbocycles. The Morgan fingerprint density at radius 1 is 1.11 bits per heavy atom. The summed E-state index contributed by atoms with van der Waals surface area (Å²) in [5, 5.41) is 6.98. The molecule has 0 atom stereocenters.